The molecule has 0 fully saturated rings. The SMILES string of the molecule is CCOc1ccc(C(N)C2Cc3ccccc32)cc1Br. The van der Waals surface area contributed by atoms with Gasteiger partial charge in [0, 0.05) is 12.0 Å². The largest absolute Gasteiger partial charge is 0.493 e. The highest BCUT2D eigenvalue weighted by atomic mass is 79.9. The van der Waals surface area contributed by atoms with Crippen LogP contribution in [0.15, 0.2) is 46.9 Å². The Bertz CT molecular complexity index is 626. The summed E-state index contributed by atoms with van der Waals surface area (Å²) in [5.74, 6) is 1.30. The Balaban J connectivity index is 1.82. The molecule has 0 aliphatic heterocycles. The van der Waals surface area contributed by atoms with E-state index in [2.05, 4.69) is 52.3 Å². The summed E-state index contributed by atoms with van der Waals surface area (Å²) in [7, 11) is 0. The van der Waals surface area contributed by atoms with Crippen molar-refractivity contribution in [3.63, 3.8) is 0 Å². The second kappa shape index (κ2) is 5.58. The molecule has 0 bridgehead atoms. The highest BCUT2D eigenvalue weighted by Crippen LogP contribution is 2.43. The molecule has 20 heavy (non-hydrogen) atoms. The molecule has 2 unspecified atom stereocenters. The van der Waals surface area contributed by atoms with E-state index in [0.717, 1.165) is 22.2 Å². The van der Waals surface area contributed by atoms with Gasteiger partial charge in [-0.05, 0) is 58.1 Å². The molecule has 0 saturated heterocycles. The summed E-state index contributed by atoms with van der Waals surface area (Å²) in [5, 5.41) is 0. The lowest BCUT2D eigenvalue weighted by atomic mass is 9.72. The molecule has 3 heteroatoms. The second-order valence-electron chi connectivity index (χ2n) is 5.16. The highest BCUT2D eigenvalue weighted by molar-refractivity contribution is 9.10. The quantitative estimate of drug-likeness (QED) is 0.911. The first-order valence-corrected chi connectivity index (χ1v) is 7.75. The first kappa shape index (κ1) is 13.7. The molecule has 0 saturated carbocycles. The predicted molar refractivity (Wildman–Crippen MR) is 85.1 cm³/mol. The van der Waals surface area contributed by atoms with Crippen LogP contribution in [-0.2, 0) is 6.42 Å². The summed E-state index contributed by atoms with van der Waals surface area (Å²) in [6, 6.07) is 14.7. The van der Waals surface area contributed by atoms with Gasteiger partial charge in [0.2, 0.25) is 0 Å². The van der Waals surface area contributed by atoms with E-state index in [9.17, 15) is 0 Å². The van der Waals surface area contributed by atoms with E-state index in [1.165, 1.54) is 11.1 Å². The van der Waals surface area contributed by atoms with E-state index in [-0.39, 0.29) is 6.04 Å². The van der Waals surface area contributed by atoms with Gasteiger partial charge >= 0.3 is 0 Å². The molecule has 2 aromatic rings. The van der Waals surface area contributed by atoms with Crippen molar-refractivity contribution in [1.29, 1.82) is 0 Å². The van der Waals surface area contributed by atoms with Crippen molar-refractivity contribution in [2.24, 2.45) is 5.73 Å². The van der Waals surface area contributed by atoms with Crippen LogP contribution in [0.4, 0.5) is 0 Å². The van der Waals surface area contributed by atoms with Gasteiger partial charge in [-0.15, -0.1) is 0 Å². The van der Waals surface area contributed by atoms with Gasteiger partial charge in [0.15, 0.2) is 0 Å². The normalized spacial score (nSPS) is 18.1. The first-order valence-electron chi connectivity index (χ1n) is 6.96. The zero-order chi connectivity index (χ0) is 14.1. The number of benzene rings is 2. The van der Waals surface area contributed by atoms with Crippen LogP contribution in [0.1, 0.15) is 35.6 Å². The zero-order valence-electron chi connectivity index (χ0n) is 11.5. The highest BCUT2D eigenvalue weighted by Gasteiger charge is 2.31. The molecule has 0 radical (unpaired) electrons. The van der Waals surface area contributed by atoms with Gasteiger partial charge in [-0.25, -0.2) is 0 Å². The lowest BCUT2D eigenvalue weighted by molar-refractivity contribution is 0.338. The molecule has 3 rings (SSSR count). The van der Waals surface area contributed by atoms with E-state index in [4.69, 9.17) is 10.5 Å². The van der Waals surface area contributed by atoms with Crippen LogP contribution in [0.5, 0.6) is 5.75 Å². The Morgan fingerprint density at radius 2 is 2.10 bits per heavy atom. The number of hydrogen-bond acceptors (Lipinski definition) is 2. The van der Waals surface area contributed by atoms with E-state index >= 15 is 0 Å². The standard InChI is InChI=1S/C17H18BrNO/c1-2-20-16-8-7-12(10-15(16)18)17(19)14-9-11-5-3-4-6-13(11)14/h3-8,10,14,17H,2,9,19H2,1H3. The van der Waals surface area contributed by atoms with Gasteiger partial charge < -0.3 is 10.5 Å². The lowest BCUT2D eigenvalue weighted by Crippen LogP contribution is -2.28. The number of ether oxygens (including phenoxy) is 1. The van der Waals surface area contributed by atoms with Crippen molar-refractivity contribution in [2.75, 3.05) is 6.61 Å². The Labute approximate surface area is 128 Å². The monoisotopic (exact) mass is 331 g/mol. The molecule has 2 N–H and O–H groups in total. The van der Waals surface area contributed by atoms with Gasteiger partial charge in [-0.1, -0.05) is 30.3 Å². The molecule has 1 aliphatic rings. The van der Waals surface area contributed by atoms with Crippen LogP contribution >= 0.6 is 15.9 Å². The number of fused-ring (bicyclic) bond motifs is 1. The minimum Gasteiger partial charge on any atom is -0.493 e. The van der Waals surface area contributed by atoms with Crippen molar-refractivity contribution in [1.82, 2.24) is 0 Å². The summed E-state index contributed by atoms with van der Waals surface area (Å²) >= 11 is 3.56. The summed E-state index contributed by atoms with van der Waals surface area (Å²) < 4.78 is 6.51. The van der Waals surface area contributed by atoms with Gasteiger partial charge in [0.1, 0.15) is 5.75 Å². The van der Waals surface area contributed by atoms with Crippen LogP contribution in [0, 0.1) is 0 Å². The van der Waals surface area contributed by atoms with Crippen molar-refractivity contribution in [2.45, 2.75) is 25.3 Å². The fourth-order valence-electron chi connectivity index (χ4n) is 2.85. The number of hydrogen-bond donors (Lipinski definition) is 1. The van der Waals surface area contributed by atoms with E-state index < -0.39 is 0 Å². The third-order valence-corrected chi connectivity index (χ3v) is 4.59. The number of nitrogens with two attached hydrogens (primary N) is 1. The number of rotatable bonds is 4. The average Bonchev–Trinajstić information content (AvgIpc) is 2.42. The Kier molecular flexibility index (Phi) is 3.81. The van der Waals surface area contributed by atoms with Crippen molar-refractivity contribution in [3.8, 4) is 5.75 Å². The fourth-order valence-corrected chi connectivity index (χ4v) is 3.36. The van der Waals surface area contributed by atoms with Gasteiger partial charge in [-0.3, -0.25) is 0 Å². The van der Waals surface area contributed by atoms with Gasteiger partial charge in [0.25, 0.3) is 0 Å². The Morgan fingerprint density at radius 3 is 2.80 bits per heavy atom. The average molecular weight is 332 g/mol. The third-order valence-electron chi connectivity index (χ3n) is 3.97. The molecule has 2 aromatic carbocycles. The van der Waals surface area contributed by atoms with Crippen LogP contribution in [-0.4, -0.2) is 6.61 Å². The second-order valence-corrected chi connectivity index (χ2v) is 6.01. The molecule has 104 valence electrons. The maximum atomic E-state index is 6.45. The Morgan fingerprint density at radius 1 is 1.30 bits per heavy atom. The maximum Gasteiger partial charge on any atom is 0.133 e. The smallest absolute Gasteiger partial charge is 0.133 e. The topological polar surface area (TPSA) is 35.2 Å². The zero-order valence-corrected chi connectivity index (χ0v) is 13.1. The molecule has 0 spiro atoms. The predicted octanol–water partition coefficient (Wildman–Crippen LogP) is 4.19. The van der Waals surface area contributed by atoms with Crippen LogP contribution in [0.25, 0.3) is 0 Å². The van der Waals surface area contributed by atoms with Crippen LogP contribution in [0.3, 0.4) is 0 Å². The van der Waals surface area contributed by atoms with Crippen molar-refractivity contribution < 1.29 is 4.74 Å². The van der Waals surface area contributed by atoms with Crippen LogP contribution in [0.2, 0.25) is 0 Å². The van der Waals surface area contributed by atoms with E-state index in [1.54, 1.807) is 0 Å². The maximum absolute atomic E-state index is 6.45. The molecule has 1 aliphatic carbocycles. The van der Waals surface area contributed by atoms with E-state index in [0.29, 0.717) is 12.5 Å². The third kappa shape index (κ3) is 2.36. The molecule has 0 aromatic heterocycles. The summed E-state index contributed by atoms with van der Waals surface area (Å²) in [6.45, 7) is 2.65. The fraction of sp³-hybridized carbons (Fsp3) is 0.294. The minimum atomic E-state index is 0.0388. The molecule has 2 atom stereocenters. The molecular formula is C17H18BrNO. The van der Waals surface area contributed by atoms with Gasteiger partial charge in [0.05, 0.1) is 11.1 Å². The molecule has 0 heterocycles. The summed E-state index contributed by atoms with van der Waals surface area (Å²) in [4.78, 5) is 0. The van der Waals surface area contributed by atoms with Crippen LogP contribution < -0.4 is 10.5 Å². The Hall–Kier alpha value is -1.32. The minimum absolute atomic E-state index is 0.0388. The summed E-state index contributed by atoms with van der Waals surface area (Å²) in [6.07, 6.45) is 1.07. The van der Waals surface area contributed by atoms with E-state index in [1.807, 2.05) is 13.0 Å². The molecule has 0 amide bonds. The number of halogens is 1. The summed E-state index contributed by atoms with van der Waals surface area (Å²) in [5.41, 5.74) is 10.4. The lowest BCUT2D eigenvalue weighted by Gasteiger charge is -2.35. The molecule has 2 nitrogen and oxygen atoms in total. The van der Waals surface area contributed by atoms with Crippen molar-refractivity contribution >= 4 is 15.9 Å². The molecular weight excluding hydrogens is 314 g/mol. The van der Waals surface area contributed by atoms with Gasteiger partial charge in [-0.2, -0.15) is 0 Å². The van der Waals surface area contributed by atoms with Crippen molar-refractivity contribution in [3.05, 3.63) is 63.6 Å². The first-order chi connectivity index (χ1) is 9.70.